The average molecular weight is 316 g/mol. The minimum Gasteiger partial charge on any atom is -0.491 e. The van der Waals surface area contributed by atoms with E-state index in [4.69, 9.17) is 4.74 Å². The monoisotopic (exact) mass is 316 g/mol. The number of hydrogen-bond donors (Lipinski definition) is 2. The molecule has 2 heterocycles. The largest absolute Gasteiger partial charge is 0.491 e. The SMILES string of the molecule is O=C(CC1COc2ccccc2NC1=O)NCc1cccs1. The zero-order valence-corrected chi connectivity index (χ0v) is 12.7. The molecule has 2 N–H and O–H groups in total. The Morgan fingerprint density at radius 1 is 1.32 bits per heavy atom. The van der Waals surface area contributed by atoms with Crippen molar-refractivity contribution in [3.63, 3.8) is 0 Å². The van der Waals surface area contributed by atoms with E-state index in [-0.39, 0.29) is 24.8 Å². The highest BCUT2D eigenvalue weighted by Crippen LogP contribution is 2.28. The Hall–Kier alpha value is -2.34. The van der Waals surface area contributed by atoms with Crippen LogP contribution in [0.25, 0.3) is 0 Å². The molecule has 0 spiro atoms. The Balaban J connectivity index is 1.56. The first-order valence-corrected chi connectivity index (χ1v) is 7.92. The van der Waals surface area contributed by atoms with Crippen LogP contribution < -0.4 is 15.4 Å². The lowest BCUT2D eigenvalue weighted by molar-refractivity contribution is -0.128. The van der Waals surface area contributed by atoms with Crippen molar-refractivity contribution < 1.29 is 14.3 Å². The lowest BCUT2D eigenvalue weighted by Gasteiger charge is -2.12. The van der Waals surface area contributed by atoms with Gasteiger partial charge in [-0.15, -0.1) is 11.3 Å². The lowest BCUT2D eigenvalue weighted by atomic mass is 10.1. The molecule has 2 amide bonds. The number of carbonyl (C=O) groups excluding carboxylic acids is 2. The molecule has 3 rings (SSSR count). The molecule has 114 valence electrons. The van der Waals surface area contributed by atoms with E-state index < -0.39 is 5.92 Å². The van der Waals surface area contributed by atoms with Crippen molar-refractivity contribution in [1.82, 2.24) is 5.32 Å². The molecular weight excluding hydrogens is 300 g/mol. The van der Waals surface area contributed by atoms with Gasteiger partial charge >= 0.3 is 0 Å². The average Bonchev–Trinajstić information content (AvgIpc) is 2.98. The van der Waals surface area contributed by atoms with Gasteiger partial charge < -0.3 is 15.4 Å². The normalized spacial score (nSPS) is 16.9. The molecule has 2 aromatic rings. The van der Waals surface area contributed by atoms with E-state index in [0.717, 1.165) is 4.88 Å². The molecule has 5 nitrogen and oxygen atoms in total. The minimum atomic E-state index is -0.490. The topological polar surface area (TPSA) is 67.4 Å². The molecule has 0 bridgehead atoms. The fourth-order valence-corrected chi connectivity index (χ4v) is 2.89. The van der Waals surface area contributed by atoms with E-state index >= 15 is 0 Å². The van der Waals surface area contributed by atoms with Gasteiger partial charge in [0.05, 0.1) is 18.2 Å². The maximum Gasteiger partial charge on any atom is 0.231 e. The maximum absolute atomic E-state index is 12.2. The second-order valence-corrected chi connectivity index (χ2v) is 6.09. The first kappa shape index (κ1) is 14.6. The van der Waals surface area contributed by atoms with Crippen LogP contribution in [0.4, 0.5) is 5.69 Å². The van der Waals surface area contributed by atoms with Gasteiger partial charge in [-0.1, -0.05) is 18.2 Å². The quantitative estimate of drug-likeness (QED) is 0.910. The third kappa shape index (κ3) is 3.46. The van der Waals surface area contributed by atoms with Gasteiger partial charge in [-0.25, -0.2) is 0 Å². The molecule has 0 radical (unpaired) electrons. The Bertz CT molecular complexity index is 670. The summed E-state index contributed by atoms with van der Waals surface area (Å²) in [5.74, 6) is -0.188. The molecule has 1 atom stereocenters. The van der Waals surface area contributed by atoms with E-state index in [1.54, 1.807) is 23.5 Å². The smallest absolute Gasteiger partial charge is 0.231 e. The van der Waals surface area contributed by atoms with E-state index in [1.165, 1.54) is 0 Å². The van der Waals surface area contributed by atoms with Crippen LogP contribution in [0.5, 0.6) is 5.75 Å². The van der Waals surface area contributed by atoms with Crippen molar-refractivity contribution in [2.75, 3.05) is 11.9 Å². The number of rotatable bonds is 4. The summed E-state index contributed by atoms with van der Waals surface area (Å²) in [6.45, 7) is 0.696. The summed E-state index contributed by atoms with van der Waals surface area (Å²) >= 11 is 1.59. The van der Waals surface area contributed by atoms with Crippen molar-refractivity contribution in [1.29, 1.82) is 0 Å². The number of nitrogens with one attached hydrogen (secondary N) is 2. The summed E-state index contributed by atoms with van der Waals surface area (Å²) < 4.78 is 5.62. The number of benzene rings is 1. The van der Waals surface area contributed by atoms with Crippen molar-refractivity contribution in [3.8, 4) is 5.75 Å². The van der Waals surface area contributed by atoms with Crippen molar-refractivity contribution in [2.45, 2.75) is 13.0 Å². The fourth-order valence-electron chi connectivity index (χ4n) is 2.24. The Kier molecular flexibility index (Phi) is 4.39. The van der Waals surface area contributed by atoms with Gasteiger partial charge in [0.25, 0.3) is 0 Å². The molecule has 0 fully saturated rings. The van der Waals surface area contributed by atoms with E-state index in [0.29, 0.717) is 18.0 Å². The second kappa shape index (κ2) is 6.62. The summed E-state index contributed by atoms with van der Waals surface area (Å²) in [7, 11) is 0. The van der Waals surface area contributed by atoms with Crippen molar-refractivity contribution in [2.24, 2.45) is 5.92 Å². The highest BCUT2D eigenvalue weighted by Gasteiger charge is 2.26. The molecule has 22 heavy (non-hydrogen) atoms. The van der Waals surface area contributed by atoms with E-state index in [1.807, 2.05) is 29.6 Å². The van der Waals surface area contributed by atoms with Crippen LogP contribution in [0.3, 0.4) is 0 Å². The number of thiophene rings is 1. The van der Waals surface area contributed by atoms with Gasteiger partial charge in [0.15, 0.2) is 0 Å². The van der Waals surface area contributed by atoms with Crippen LogP contribution in [0.1, 0.15) is 11.3 Å². The van der Waals surface area contributed by atoms with Gasteiger partial charge in [0.1, 0.15) is 12.4 Å². The van der Waals surface area contributed by atoms with E-state index in [2.05, 4.69) is 10.6 Å². The van der Waals surface area contributed by atoms with Crippen LogP contribution in [0.2, 0.25) is 0 Å². The first-order chi connectivity index (χ1) is 10.7. The predicted molar refractivity (Wildman–Crippen MR) is 84.8 cm³/mol. The number of amides is 2. The van der Waals surface area contributed by atoms with Gasteiger partial charge in [0, 0.05) is 11.3 Å². The summed E-state index contributed by atoms with van der Waals surface area (Å²) in [5.41, 5.74) is 0.647. The van der Waals surface area contributed by atoms with Crippen LogP contribution in [-0.4, -0.2) is 18.4 Å². The molecule has 1 aromatic carbocycles. The number of anilines is 1. The van der Waals surface area contributed by atoms with Crippen molar-refractivity contribution >= 4 is 28.8 Å². The van der Waals surface area contributed by atoms with Crippen LogP contribution in [0, 0.1) is 5.92 Å². The lowest BCUT2D eigenvalue weighted by Crippen LogP contribution is -2.32. The summed E-state index contributed by atoms with van der Waals surface area (Å²) in [4.78, 5) is 25.3. The maximum atomic E-state index is 12.2. The van der Waals surface area contributed by atoms with Crippen LogP contribution >= 0.6 is 11.3 Å². The van der Waals surface area contributed by atoms with Crippen LogP contribution in [-0.2, 0) is 16.1 Å². The molecule has 0 aliphatic carbocycles. The molecule has 1 aromatic heterocycles. The highest BCUT2D eigenvalue weighted by molar-refractivity contribution is 7.09. The van der Waals surface area contributed by atoms with E-state index in [9.17, 15) is 9.59 Å². The first-order valence-electron chi connectivity index (χ1n) is 7.04. The second-order valence-electron chi connectivity index (χ2n) is 5.05. The predicted octanol–water partition coefficient (Wildman–Crippen LogP) is 2.40. The van der Waals surface area contributed by atoms with Crippen LogP contribution in [0.15, 0.2) is 41.8 Å². The molecule has 1 aliphatic rings. The zero-order valence-electron chi connectivity index (χ0n) is 11.9. The Morgan fingerprint density at radius 2 is 2.18 bits per heavy atom. The molecule has 1 aliphatic heterocycles. The number of carbonyl (C=O) groups is 2. The molecule has 0 saturated heterocycles. The number of hydrogen-bond acceptors (Lipinski definition) is 4. The third-order valence-corrected chi connectivity index (χ3v) is 4.30. The Labute approximate surface area is 132 Å². The highest BCUT2D eigenvalue weighted by atomic mass is 32.1. The Morgan fingerprint density at radius 3 is 3.00 bits per heavy atom. The van der Waals surface area contributed by atoms with Crippen molar-refractivity contribution in [3.05, 3.63) is 46.7 Å². The summed E-state index contributed by atoms with van der Waals surface area (Å²) in [6.07, 6.45) is 0.116. The number of fused-ring (bicyclic) bond motifs is 1. The van der Waals surface area contributed by atoms with Gasteiger partial charge in [-0.3, -0.25) is 9.59 Å². The molecule has 6 heteroatoms. The number of para-hydroxylation sites is 2. The summed E-state index contributed by atoms with van der Waals surface area (Å²) in [5, 5.41) is 7.60. The zero-order chi connectivity index (χ0) is 15.4. The van der Waals surface area contributed by atoms with Gasteiger partial charge in [0.2, 0.25) is 11.8 Å². The molecule has 1 unspecified atom stereocenters. The van der Waals surface area contributed by atoms with Gasteiger partial charge in [-0.05, 0) is 23.6 Å². The fraction of sp³-hybridized carbons (Fsp3) is 0.250. The molecule has 0 saturated carbocycles. The molecular formula is C16H16N2O3S. The number of ether oxygens (including phenoxy) is 1. The summed E-state index contributed by atoms with van der Waals surface area (Å²) in [6, 6.07) is 11.2. The third-order valence-electron chi connectivity index (χ3n) is 3.43. The van der Waals surface area contributed by atoms with Gasteiger partial charge in [-0.2, -0.15) is 0 Å². The minimum absolute atomic E-state index is 0.116. The standard InChI is InChI=1S/C16H16N2O3S/c19-15(17-9-12-4-3-7-22-12)8-11-10-21-14-6-2-1-5-13(14)18-16(11)20/h1-7,11H,8-10H2,(H,17,19)(H,18,20).